The molecule has 0 unspecified atom stereocenters. The lowest BCUT2D eigenvalue weighted by Crippen LogP contribution is -2.43. The Bertz CT molecular complexity index is 981. The highest BCUT2D eigenvalue weighted by Gasteiger charge is 2.33. The van der Waals surface area contributed by atoms with Gasteiger partial charge in [-0.1, -0.05) is 0 Å². The lowest BCUT2D eigenvalue weighted by molar-refractivity contribution is 0.0627. The molecule has 3 aliphatic rings. The molecule has 1 aromatic heterocycles. The van der Waals surface area contributed by atoms with E-state index in [9.17, 15) is 9.59 Å². The molecule has 5 rings (SSSR count). The van der Waals surface area contributed by atoms with Gasteiger partial charge in [0.15, 0.2) is 17.3 Å². The molecule has 152 valence electrons. The van der Waals surface area contributed by atoms with Gasteiger partial charge in [0.1, 0.15) is 5.69 Å². The maximum atomic E-state index is 13.3. The van der Waals surface area contributed by atoms with E-state index in [1.807, 2.05) is 11.9 Å². The number of ketones is 1. The van der Waals surface area contributed by atoms with E-state index in [2.05, 4.69) is 5.10 Å². The van der Waals surface area contributed by atoms with Crippen molar-refractivity contribution in [3.05, 3.63) is 40.7 Å². The fourth-order valence-corrected chi connectivity index (χ4v) is 4.76. The largest absolute Gasteiger partial charge is 0.454 e. The van der Waals surface area contributed by atoms with Gasteiger partial charge in [-0.05, 0) is 56.7 Å². The van der Waals surface area contributed by atoms with Crippen molar-refractivity contribution >= 4 is 11.7 Å². The van der Waals surface area contributed by atoms with Crippen LogP contribution in [0.15, 0.2) is 18.2 Å². The number of fused-ring (bicyclic) bond motifs is 2. The number of aryl methyl sites for hydroxylation is 2. The third-order valence-electron chi connectivity index (χ3n) is 6.26. The van der Waals surface area contributed by atoms with Gasteiger partial charge in [-0.3, -0.25) is 14.3 Å². The number of benzene rings is 1. The molecule has 2 aliphatic heterocycles. The summed E-state index contributed by atoms with van der Waals surface area (Å²) in [6, 6.07) is 5.32. The number of hydrogen-bond donors (Lipinski definition) is 0. The standard InChI is InChI=1S/C22H25N3O4/c1-24-20(16-6-2-3-7-17(16)23-24)22(27)25-10-4-5-15(12-25)21(26)14-8-9-18-19(11-14)29-13-28-18/h8-9,11,15H,2-7,10,12-13H2,1H3/t15-/m1/s1. The molecule has 1 aromatic carbocycles. The lowest BCUT2D eigenvalue weighted by atomic mass is 9.89. The molecule has 0 spiro atoms. The van der Waals surface area contributed by atoms with Crippen LogP contribution in [0.4, 0.5) is 0 Å². The summed E-state index contributed by atoms with van der Waals surface area (Å²) in [5.41, 5.74) is 3.49. The summed E-state index contributed by atoms with van der Waals surface area (Å²) in [5.74, 6) is 1.15. The van der Waals surface area contributed by atoms with Crippen molar-refractivity contribution in [2.24, 2.45) is 13.0 Å². The molecule has 0 bridgehead atoms. The summed E-state index contributed by atoms with van der Waals surface area (Å²) in [7, 11) is 1.85. The highest BCUT2D eigenvalue weighted by Crippen LogP contribution is 2.34. The van der Waals surface area contributed by atoms with Crippen molar-refractivity contribution in [2.75, 3.05) is 19.9 Å². The minimum atomic E-state index is -0.197. The fraction of sp³-hybridized carbons (Fsp3) is 0.500. The first-order valence-electron chi connectivity index (χ1n) is 10.4. The van der Waals surface area contributed by atoms with E-state index >= 15 is 0 Å². The number of rotatable bonds is 3. The number of carbonyl (C=O) groups is 2. The number of ether oxygens (including phenoxy) is 2. The zero-order valence-electron chi connectivity index (χ0n) is 16.6. The normalized spacial score (nSPS) is 20.4. The minimum Gasteiger partial charge on any atom is -0.454 e. The second kappa shape index (κ2) is 7.21. The number of hydrogen-bond acceptors (Lipinski definition) is 5. The Hall–Kier alpha value is -2.83. The Kier molecular flexibility index (Phi) is 4.53. The first-order valence-corrected chi connectivity index (χ1v) is 10.4. The monoisotopic (exact) mass is 395 g/mol. The van der Waals surface area contributed by atoms with Crippen molar-refractivity contribution in [3.8, 4) is 11.5 Å². The van der Waals surface area contributed by atoms with Crippen LogP contribution in [0.25, 0.3) is 0 Å². The van der Waals surface area contributed by atoms with Gasteiger partial charge in [0.25, 0.3) is 5.91 Å². The molecule has 1 fully saturated rings. The molecule has 0 N–H and O–H groups in total. The Morgan fingerprint density at radius 3 is 2.83 bits per heavy atom. The molecule has 1 amide bonds. The Labute approximate surface area is 169 Å². The average Bonchev–Trinajstić information content (AvgIpc) is 3.35. The van der Waals surface area contributed by atoms with Gasteiger partial charge < -0.3 is 14.4 Å². The van der Waals surface area contributed by atoms with Gasteiger partial charge in [-0.15, -0.1) is 0 Å². The summed E-state index contributed by atoms with van der Waals surface area (Å²) in [6.07, 6.45) is 5.71. The van der Waals surface area contributed by atoms with Crippen molar-refractivity contribution in [1.82, 2.24) is 14.7 Å². The maximum Gasteiger partial charge on any atom is 0.272 e. The number of likely N-dealkylation sites (tertiary alicyclic amines) is 1. The van der Waals surface area contributed by atoms with Crippen LogP contribution >= 0.6 is 0 Å². The number of piperidine rings is 1. The smallest absolute Gasteiger partial charge is 0.272 e. The second-order valence-corrected chi connectivity index (χ2v) is 8.13. The Morgan fingerprint density at radius 1 is 1.10 bits per heavy atom. The van der Waals surface area contributed by atoms with Crippen molar-refractivity contribution in [3.63, 3.8) is 0 Å². The average molecular weight is 395 g/mol. The quantitative estimate of drug-likeness (QED) is 0.747. The van der Waals surface area contributed by atoms with E-state index in [1.165, 1.54) is 0 Å². The molecule has 29 heavy (non-hydrogen) atoms. The predicted octanol–water partition coefficient (Wildman–Crippen LogP) is 2.76. The Morgan fingerprint density at radius 2 is 1.93 bits per heavy atom. The number of Topliss-reactive ketones (excluding diaryl/α,β-unsaturated/α-hetero) is 1. The molecule has 3 heterocycles. The van der Waals surface area contributed by atoms with Crippen molar-refractivity contribution < 1.29 is 19.1 Å². The van der Waals surface area contributed by atoms with Crippen LogP contribution in [0.5, 0.6) is 11.5 Å². The van der Waals surface area contributed by atoms with Crippen LogP contribution in [-0.2, 0) is 19.9 Å². The minimum absolute atomic E-state index is 0.00587. The van der Waals surface area contributed by atoms with Crippen LogP contribution in [0.3, 0.4) is 0 Å². The third-order valence-corrected chi connectivity index (χ3v) is 6.26. The van der Waals surface area contributed by atoms with Crippen LogP contribution < -0.4 is 9.47 Å². The number of carbonyl (C=O) groups excluding carboxylic acids is 2. The van der Waals surface area contributed by atoms with Gasteiger partial charge in [-0.2, -0.15) is 5.10 Å². The number of nitrogens with zero attached hydrogens (tertiary/aromatic N) is 3. The molecular formula is C22H25N3O4. The summed E-state index contributed by atoms with van der Waals surface area (Å²) in [5, 5.41) is 4.58. The van der Waals surface area contributed by atoms with Gasteiger partial charge >= 0.3 is 0 Å². The fourth-order valence-electron chi connectivity index (χ4n) is 4.76. The van der Waals surface area contributed by atoms with Gasteiger partial charge in [0.2, 0.25) is 6.79 Å². The molecular weight excluding hydrogens is 370 g/mol. The predicted molar refractivity (Wildman–Crippen MR) is 105 cm³/mol. The zero-order chi connectivity index (χ0) is 20.0. The van der Waals surface area contributed by atoms with E-state index in [1.54, 1.807) is 22.9 Å². The van der Waals surface area contributed by atoms with Crippen LogP contribution in [0, 0.1) is 5.92 Å². The topological polar surface area (TPSA) is 73.7 Å². The first kappa shape index (κ1) is 18.2. The molecule has 1 aliphatic carbocycles. The van der Waals surface area contributed by atoms with E-state index in [0.717, 1.165) is 49.8 Å². The molecule has 0 saturated carbocycles. The van der Waals surface area contributed by atoms with Crippen LogP contribution in [-0.4, -0.2) is 46.3 Å². The Balaban J connectivity index is 1.35. The second-order valence-electron chi connectivity index (χ2n) is 8.13. The summed E-state index contributed by atoms with van der Waals surface area (Å²) >= 11 is 0. The maximum absolute atomic E-state index is 13.3. The van der Waals surface area contributed by atoms with E-state index < -0.39 is 0 Å². The third kappa shape index (κ3) is 3.18. The number of amides is 1. The van der Waals surface area contributed by atoms with Crippen LogP contribution in [0.2, 0.25) is 0 Å². The summed E-state index contributed by atoms with van der Waals surface area (Å²) < 4.78 is 12.5. The highest BCUT2D eigenvalue weighted by molar-refractivity contribution is 6.00. The van der Waals surface area contributed by atoms with Crippen molar-refractivity contribution in [2.45, 2.75) is 38.5 Å². The van der Waals surface area contributed by atoms with Gasteiger partial charge in [-0.25, -0.2) is 0 Å². The highest BCUT2D eigenvalue weighted by atomic mass is 16.7. The molecule has 1 saturated heterocycles. The van der Waals surface area contributed by atoms with E-state index in [-0.39, 0.29) is 24.4 Å². The molecule has 0 radical (unpaired) electrons. The summed E-state index contributed by atoms with van der Waals surface area (Å²) in [4.78, 5) is 28.3. The molecule has 1 atom stereocenters. The van der Waals surface area contributed by atoms with Crippen LogP contribution in [0.1, 0.15) is 57.8 Å². The SMILES string of the molecule is Cn1nc2c(c1C(=O)N1CCC[C@@H](C(=O)c3ccc4c(c3)OCO4)C1)CCCC2. The molecule has 2 aromatic rings. The number of aromatic nitrogens is 2. The lowest BCUT2D eigenvalue weighted by Gasteiger charge is -2.32. The van der Waals surface area contributed by atoms with E-state index in [0.29, 0.717) is 35.8 Å². The molecule has 7 heteroatoms. The molecule has 7 nitrogen and oxygen atoms in total. The zero-order valence-corrected chi connectivity index (χ0v) is 16.6. The van der Waals surface area contributed by atoms with Gasteiger partial charge in [0, 0.05) is 37.2 Å². The van der Waals surface area contributed by atoms with E-state index in [4.69, 9.17) is 9.47 Å². The first-order chi connectivity index (χ1) is 14.1. The van der Waals surface area contributed by atoms with Gasteiger partial charge in [0.05, 0.1) is 5.69 Å². The summed E-state index contributed by atoms with van der Waals surface area (Å²) in [6.45, 7) is 1.32. The van der Waals surface area contributed by atoms with Crippen molar-refractivity contribution in [1.29, 1.82) is 0 Å².